The number of carbonyl (C=O) groups excluding carboxylic acids is 1. The zero-order chi connectivity index (χ0) is 24.2. The molecule has 8 nitrogen and oxygen atoms in total. The van der Waals surface area contributed by atoms with Crippen molar-refractivity contribution in [1.29, 1.82) is 0 Å². The predicted octanol–water partition coefficient (Wildman–Crippen LogP) is 4.76. The van der Waals surface area contributed by atoms with Gasteiger partial charge in [-0.05, 0) is 47.5 Å². The molecule has 1 saturated heterocycles. The number of piperazine rings is 1. The van der Waals surface area contributed by atoms with Crippen LogP contribution in [0.2, 0.25) is 5.02 Å². The van der Waals surface area contributed by atoms with Crippen LogP contribution in [0.3, 0.4) is 0 Å². The number of benzene rings is 1. The third kappa shape index (κ3) is 6.05. The lowest BCUT2D eigenvalue weighted by molar-refractivity contribution is -0.130. The largest absolute Gasteiger partial charge is 0.366 e. The molecule has 0 radical (unpaired) electrons. The average Bonchev–Trinajstić information content (AvgIpc) is 3.26. The van der Waals surface area contributed by atoms with Crippen molar-refractivity contribution in [2.24, 2.45) is 0 Å². The van der Waals surface area contributed by atoms with Crippen LogP contribution in [-0.2, 0) is 17.9 Å². The average molecular weight is 508 g/mol. The maximum atomic E-state index is 11.5. The number of carbonyl (C=O) groups is 1. The fourth-order valence-corrected chi connectivity index (χ4v) is 4.96. The number of halogens is 1. The summed E-state index contributed by atoms with van der Waals surface area (Å²) in [5, 5.41) is 8.16. The smallest absolute Gasteiger partial charge is 0.219 e. The standard InChI is InChI=1S/C25H26ClN7OS/c1-17(34)33-12-10-32(11-13-33)16-19-8-9-27-23(14-19)31-25-29-21-6-7-22(30-24(21)35-25)28-15-18-2-4-20(26)5-3-18/h2-9,14H,10-13,15-16H2,1H3,(H,28,30)(H,27,29,31). The van der Waals surface area contributed by atoms with Crippen LogP contribution in [0, 0.1) is 0 Å². The molecule has 35 heavy (non-hydrogen) atoms. The number of hydrogen-bond donors (Lipinski definition) is 2. The minimum Gasteiger partial charge on any atom is -0.366 e. The topological polar surface area (TPSA) is 86.3 Å². The highest BCUT2D eigenvalue weighted by Gasteiger charge is 2.18. The number of nitrogens with zero attached hydrogens (tertiary/aromatic N) is 5. The van der Waals surface area contributed by atoms with E-state index in [0.717, 1.165) is 70.4 Å². The van der Waals surface area contributed by atoms with Crippen LogP contribution >= 0.6 is 22.9 Å². The Hall–Kier alpha value is -3.27. The van der Waals surface area contributed by atoms with Gasteiger partial charge in [-0.15, -0.1) is 0 Å². The Labute approximate surface area is 213 Å². The Kier molecular flexibility index (Phi) is 7.08. The second kappa shape index (κ2) is 10.6. The summed E-state index contributed by atoms with van der Waals surface area (Å²) in [7, 11) is 0. The summed E-state index contributed by atoms with van der Waals surface area (Å²) in [4.78, 5) is 30.5. The molecule has 0 aliphatic carbocycles. The summed E-state index contributed by atoms with van der Waals surface area (Å²) < 4.78 is 0. The predicted molar refractivity (Wildman–Crippen MR) is 141 cm³/mol. The van der Waals surface area contributed by atoms with Crippen molar-refractivity contribution < 1.29 is 4.79 Å². The van der Waals surface area contributed by atoms with Crippen LogP contribution in [0.1, 0.15) is 18.1 Å². The molecule has 5 rings (SSSR count). The first-order chi connectivity index (χ1) is 17.0. The van der Waals surface area contributed by atoms with E-state index in [9.17, 15) is 4.79 Å². The molecule has 0 unspecified atom stereocenters. The van der Waals surface area contributed by atoms with Crippen LogP contribution in [0.15, 0.2) is 54.7 Å². The first-order valence-corrected chi connectivity index (χ1v) is 12.7. The van der Waals surface area contributed by atoms with E-state index in [1.54, 1.807) is 6.92 Å². The van der Waals surface area contributed by atoms with E-state index >= 15 is 0 Å². The highest BCUT2D eigenvalue weighted by atomic mass is 35.5. The quantitative estimate of drug-likeness (QED) is 0.373. The number of anilines is 3. The van der Waals surface area contributed by atoms with Gasteiger partial charge in [-0.1, -0.05) is 35.1 Å². The molecule has 1 fully saturated rings. The highest BCUT2D eigenvalue weighted by molar-refractivity contribution is 7.21. The van der Waals surface area contributed by atoms with Crippen molar-refractivity contribution in [3.05, 3.63) is 70.9 Å². The Morgan fingerprint density at radius 3 is 2.57 bits per heavy atom. The molecule has 180 valence electrons. The number of thiazole rings is 1. The van der Waals surface area contributed by atoms with Gasteiger partial charge in [0.05, 0.1) is 0 Å². The van der Waals surface area contributed by atoms with Gasteiger partial charge in [0, 0.05) is 57.4 Å². The first-order valence-electron chi connectivity index (χ1n) is 11.5. The number of hydrogen-bond acceptors (Lipinski definition) is 8. The normalized spacial score (nSPS) is 14.3. The minimum atomic E-state index is 0.148. The lowest BCUT2D eigenvalue weighted by Gasteiger charge is -2.34. The molecule has 0 saturated carbocycles. The molecule has 0 atom stereocenters. The number of fused-ring (bicyclic) bond motifs is 1. The Balaban J connectivity index is 1.21. The van der Waals surface area contributed by atoms with E-state index in [2.05, 4.69) is 31.6 Å². The van der Waals surface area contributed by atoms with Gasteiger partial charge in [0.15, 0.2) is 5.13 Å². The summed E-state index contributed by atoms with van der Waals surface area (Å²) in [5.74, 6) is 1.70. The fraction of sp³-hybridized carbons (Fsp3) is 0.280. The van der Waals surface area contributed by atoms with Gasteiger partial charge in [0.25, 0.3) is 0 Å². The molecule has 0 spiro atoms. The lowest BCUT2D eigenvalue weighted by atomic mass is 10.2. The maximum Gasteiger partial charge on any atom is 0.219 e. The molecule has 10 heteroatoms. The van der Waals surface area contributed by atoms with E-state index in [1.807, 2.05) is 53.6 Å². The van der Waals surface area contributed by atoms with Crippen LogP contribution < -0.4 is 10.6 Å². The second-order valence-electron chi connectivity index (χ2n) is 8.48. The Bertz CT molecular complexity index is 1320. The van der Waals surface area contributed by atoms with E-state index < -0.39 is 0 Å². The summed E-state index contributed by atoms with van der Waals surface area (Å²) in [5.41, 5.74) is 3.15. The van der Waals surface area contributed by atoms with Gasteiger partial charge in [0.2, 0.25) is 5.91 Å². The molecule has 4 heterocycles. The van der Waals surface area contributed by atoms with Gasteiger partial charge in [-0.3, -0.25) is 9.69 Å². The van der Waals surface area contributed by atoms with Gasteiger partial charge in [0.1, 0.15) is 22.0 Å². The van der Waals surface area contributed by atoms with Crippen molar-refractivity contribution in [3.8, 4) is 0 Å². The van der Waals surface area contributed by atoms with E-state index in [4.69, 9.17) is 16.6 Å². The van der Waals surface area contributed by atoms with Crippen molar-refractivity contribution in [2.45, 2.75) is 20.0 Å². The third-order valence-electron chi connectivity index (χ3n) is 5.93. The molecule has 4 aromatic rings. The van der Waals surface area contributed by atoms with E-state index in [-0.39, 0.29) is 5.91 Å². The van der Waals surface area contributed by atoms with Crippen molar-refractivity contribution >= 4 is 56.0 Å². The van der Waals surface area contributed by atoms with Crippen LogP contribution in [0.25, 0.3) is 10.3 Å². The van der Waals surface area contributed by atoms with Crippen molar-refractivity contribution in [1.82, 2.24) is 24.8 Å². The number of rotatable bonds is 7. The summed E-state index contributed by atoms with van der Waals surface area (Å²) in [6.07, 6.45) is 1.81. The van der Waals surface area contributed by atoms with Gasteiger partial charge in [-0.25, -0.2) is 15.0 Å². The second-order valence-corrected chi connectivity index (χ2v) is 9.89. The monoisotopic (exact) mass is 507 g/mol. The third-order valence-corrected chi connectivity index (χ3v) is 7.06. The highest BCUT2D eigenvalue weighted by Crippen LogP contribution is 2.28. The molecular weight excluding hydrogens is 482 g/mol. The maximum absolute atomic E-state index is 11.5. The fourth-order valence-electron chi connectivity index (χ4n) is 3.99. The lowest BCUT2D eigenvalue weighted by Crippen LogP contribution is -2.47. The molecule has 3 aromatic heterocycles. The van der Waals surface area contributed by atoms with Crippen LogP contribution in [-0.4, -0.2) is 56.8 Å². The zero-order valence-corrected chi connectivity index (χ0v) is 20.9. The molecule has 2 N–H and O–H groups in total. The Morgan fingerprint density at radius 1 is 1.00 bits per heavy atom. The molecule has 1 amide bonds. The summed E-state index contributed by atoms with van der Waals surface area (Å²) >= 11 is 7.45. The molecular formula is C25H26ClN7OS. The number of pyridine rings is 2. The molecule has 1 aliphatic rings. The zero-order valence-electron chi connectivity index (χ0n) is 19.4. The van der Waals surface area contributed by atoms with Crippen molar-refractivity contribution in [3.63, 3.8) is 0 Å². The van der Waals surface area contributed by atoms with E-state index in [0.29, 0.717) is 6.54 Å². The molecule has 1 aromatic carbocycles. The van der Waals surface area contributed by atoms with Crippen LogP contribution in [0.4, 0.5) is 16.8 Å². The SMILES string of the molecule is CC(=O)N1CCN(Cc2ccnc(Nc3nc4ccc(NCc5ccc(Cl)cc5)nc4s3)c2)CC1. The number of amides is 1. The minimum absolute atomic E-state index is 0.148. The van der Waals surface area contributed by atoms with Gasteiger partial charge in [-0.2, -0.15) is 0 Å². The van der Waals surface area contributed by atoms with E-state index in [1.165, 1.54) is 16.9 Å². The first kappa shape index (κ1) is 23.5. The molecule has 0 bridgehead atoms. The summed E-state index contributed by atoms with van der Waals surface area (Å²) in [6.45, 7) is 6.44. The summed E-state index contributed by atoms with van der Waals surface area (Å²) in [6, 6.07) is 15.7. The van der Waals surface area contributed by atoms with Crippen LogP contribution in [0.5, 0.6) is 0 Å². The van der Waals surface area contributed by atoms with Crippen molar-refractivity contribution in [2.75, 3.05) is 36.8 Å². The molecule has 1 aliphatic heterocycles. The Morgan fingerprint density at radius 2 is 1.80 bits per heavy atom. The number of aromatic nitrogens is 3. The number of nitrogens with one attached hydrogen (secondary N) is 2. The van der Waals surface area contributed by atoms with Gasteiger partial charge < -0.3 is 15.5 Å². The van der Waals surface area contributed by atoms with Gasteiger partial charge >= 0.3 is 0 Å².